The Morgan fingerprint density at radius 2 is 1.91 bits per heavy atom. The van der Waals surface area contributed by atoms with Gasteiger partial charge in [0.15, 0.2) is 0 Å². The highest BCUT2D eigenvalue weighted by molar-refractivity contribution is 6.51. The summed E-state index contributed by atoms with van der Waals surface area (Å²) in [5, 5.41) is 11.5. The lowest BCUT2D eigenvalue weighted by molar-refractivity contribution is -0.132. The van der Waals surface area contributed by atoms with Crippen LogP contribution in [0.5, 0.6) is 5.75 Å². The summed E-state index contributed by atoms with van der Waals surface area (Å²) in [6.07, 6.45) is 3.19. The molecule has 1 aliphatic rings. The van der Waals surface area contributed by atoms with Crippen LogP contribution in [-0.2, 0) is 9.59 Å². The van der Waals surface area contributed by atoms with E-state index in [-0.39, 0.29) is 16.4 Å². The number of pyridine rings is 1. The molecular weight excluding hydrogens is 428 g/mol. The van der Waals surface area contributed by atoms with Crippen LogP contribution in [0.2, 0.25) is 5.02 Å². The molecule has 1 N–H and O–H groups in total. The number of aryl methyl sites for hydroxylation is 1. The standard InChI is InChI=1S/C25H21ClN2O4/c1-14-6-4-8-19(15(14)2)28-22(17-7-5-11-27-13-17)21(24(30)25(28)31)23(29)16-9-10-20(32-3)18(26)12-16/h4-13,22,29H,1-3H3/b23-21+. The normalized spacial score (nSPS) is 17.6. The van der Waals surface area contributed by atoms with Crippen LogP contribution in [0, 0.1) is 13.8 Å². The molecule has 1 aliphatic heterocycles. The number of aliphatic hydroxyl groups excluding tert-OH is 1. The number of methoxy groups -OCH3 is 1. The second-order valence-corrected chi connectivity index (χ2v) is 7.93. The maximum Gasteiger partial charge on any atom is 0.300 e. The number of carbonyl (C=O) groups is 2. The highest BCUT2D eigenvalue weighted by Gasteiger charge is 2.47. The van der Waals surface area contributed by atoms with Crippen LogP contribution < -0.4 is 9.64 Å². The summed E-state index contributed by atoms with van der Waals surface area (Å²) < 4.78 is 5.17. The number of nitrogens with zero attached hydrogens (tertiary/aromatic N) is 2. The zero-order valence-electron chi connectivity index (χ0n) is 17.8. The van der Waals surface area contributed by atoms with Crippen LogP contribution in [0.15, 0.2) is 66.5 Å². The Morgan fingerprint density at radius 1 is 1.12 bits per heavy atom. The van der Waals surface area contributed by atoms with E-state index in [9.17, 15) is 14.7 Å². The number of halogens is 1. The first-order valence-electron chi connectivity index (χ1n) is 9.96. The number of hydrogen-bond acceptors (Lipinski definition) is 5. The first-order valence-corrected chi connectivity index (χ1v) is 10.3. The van der Waals surface area contributed by atoms with E-state index in [1.54, 1.807) is 42.7 Å². The molecule has 1 fully saturated rings. The van der Waals surface area contributed by atoms with Gasteiger partial charge in [-0.15, -0.1) is 0 Å². The Kier molecular flexibility index (Phi) is 5.72. The quantitative estimate of drug-likeness (QED) is 0.345. The third kappa shape index (κ3) is 3.52. The molecule has 1 unspecified atom stereocenters. The van der Waals surface area contributed by atoms with Gasteiger partial charge in [0.2, 0.25) is 0 Å². The molecule has 0 bridgehead atoms. The molecule has 2 aromatic carbocycles. The lowest BCUT2D eigenvalue weighted by Gasteiger charge is -2.27. The van der Waals surface area contributed by atoms with Gasteiger partial charge < -0.3 is 9.84 Å². The molecule has 4 rings (SSSR count). The predicted octanol–water partition coefficient (Wildman–Crippen LogP) is 4.99. The summed E-state index contributed by atoms with van der Waals surface area (Å²) in [6.45, 7) is 3.83. The van der Waals surface area contributed by atoms with Crippen LogP contribution >= 0.6 is 11.6 Å². The number of ketones is 1. The molecule has 0 aliphatic carbocycles. The van der Waals surface area contributed by atoms with Crippen LogP contribution in [0.25, 0.3) is 5.76 Å². The Balaban J connectivity index is 1.96. The summed E-state index contributed by atoms with van der Waals surface area (Å²) >= 11 is 6.23. The lowest BCUT2D eigenvalue weighted by Crippen LogP contribution is -2.30. The van der Waals surface area contributed by atoms with Crippen LogP contribution in [0.1, 0.15) is 28.3 Å². The maximum absolute atomic E-state index is 13.2. The van der Waals surface area contributed by atoms with Crippen molar-refractivity contribution in [2.45, 2.75) is 19.9 Å². The summed E-state index contributed by atoms with van der Waals surface area (Å²) in [6, 6.07) is 12.9. The average Bonchev–Trinajstić information content (AvgIpc) is 3.06. The maximum atomic E-state index is 13.2. The van der Waals surface area contributed by atoms with Gasteiger partial charge in [0, 0.05) is 23.6 Å². The minimum Gasteiger partial charge on any atom is -0.507 e. The van der Waals surface area contributed by atoms with E-state index in [1.165, 1.54) is 18.1 Å². The van der Waals surface area contributed by atoms with Gasteiger partial charge in [-0.1, -0.05) is 29.8 Å². The van der Waals surface area contributed by atoms with Crippen molar-refractivity contribution in [2.24, 2.45) is 0 Å². The number of amides is 1. The molecular formula is C25H21ClN2O4. The molecule has 1 atom stereocenters. The van der Waals surface area contributed by atoms with Gasteiger partial charge in [-0.05, 0) is 60.9 Å². The monoisotopic (exact) mass is 448 g/mol. The molecule has 3 aromatic rings. The molecule has 1 aromatic heterocycles. The number of aliphatic hydroxyl groups is 1. The van der Waals surface area contributed by atoms with E-state index in [1.807, 2.05) is 26.0 Å². The minimum atomic E-state index is -0.843. The second kappa shape index (κ2) is 8.48. The van der Waals surface area contributed by atoms with Gasteiger partial charge in [0.25, 0.3) is 11.7 Å². The largest absolute Gasteiger partial charge is 0.507 e. The fourth-order valence-corrected chi connectivity index (χ4v) is 4.16. The van der Waals surface area contributed by atoms with Gasteiger partial charge in [-0.3, -0.25) is 19.5 Å². The number of carbonyl (C=O) groups excluding carboxylic acids is 2. The number of Topliss-reactive ketones (excluding diaryl/α,β-unsaturated/α-hetero) is 1. The first kappa shape index (κ1) is 21.6. The zero-order valence-corrected chi connectivity index (χ0v) is 18.6. The van der Waals surface area contributed by atoms with Crippen LogP contribution in [0.4, 0.5) is 5.69 Å². The molecule has 162 valence electrons. The van der Waals surface area contributed by atoms with Crippen molar-refractivity contribution in [2.75, 3.05) is 12.0 Å². The second-order valence-electron chi connectivity index (χ2n) is 7.52. The van der Waals surface area contributed by atoms with Crippen molar-refractivity contribution in [1.29, 1.82) is 0 Å². The Hall–Kier alpha value is -3.64. The van der Waals surface area contributed by atoms with Gasteiger partial charge in [-0.2, -0.15) is 0 Å². The molecule has 32 heavy (non-hydrogen) atoms. The summed E-state index contributed by atoms with van der Waals surface area (Å²) in [5.41, 5.74) is 3.35. The van der Waals surface area contributed by atoms with Crippen LogP contribution in [0.3, 0.4) is 0 Å². The van der Waals surface area contributed by atoms with Gasteiger partial charge in [0.1, 0.15) is 11.5 Å². The van der Waals surface area contributed by atoms with E-state index in [4.69, 9.17) is 16.3 Å². The molecule has 0 saturated carbocycles. The number of rotatable bonds is 4. The average molecular weight is 449 g/mol. The van der Waals surface area contributed by atoms with Crippen molar-refractivity contribution >= 4 is 34.7 Å². The number of hydrogen-bond donors (Lipinski definition) is 1. The first-order chi connectivity index (χ1) is 15.3. The van der Waals surface area contributed by atoms with Crippen molar-refractivity contribution in [3.8, 4) is 5.75 Å². The van der Waals surface area contributed by atoms with E-state index >= 15 is 0 Å². The SMILES string of the molecule is COc1ccc(/C(O)=C2\C(=O)C(=O)N(c3cccc(C)c3C)C2c2cccnc2)cc1Cl. The Labute approximate surface area is 190 Å². The zero-order chi connectivity index (χ0) is 23.0. The molecule has 0 radical (unpaired) electrons. The van der Waals surface area contributed by atoms with E-state index < -0.39 is 17.7 Å². The summed E-state index contributed by atoms with van der Waals surface area (Å²) in [7, 11) is 1.48. The van der Waals surface area contributed by atoms with Crippen LogP contribution in [-0.4, -0.2) is 28.9 Å². The lowest BCUT2D eigenvalue weighted by atomic mass is 9.95. The summed E-state index contributed by atoms with van der Waals surface area (Å²) in [4.78, 5) is 32.0. The van der Waals surface area contributed by atoms with Gasteiger partial charge in [0.05, 0.1) is 23.7 Å². The van der Waals surface area contributed by atoms with Crippen molar-refractivity contribution < 1.29 is 19.4 Å². The van der Waals surface area contributed by atoms with E-state index in [0.717, 1.165) is 11.1 Å². The van der Waals surface area contributed by atoms with E-state index in [0.29, 0.717) is 22.6 Å². The van der Waals surface area contributed by atoms with Gasteiger partial charge >= 0.3 is 0 Å². The molecule has 0 spiro atoms. The third-order valence-corrected chi connectivity index (χ3v) is 6.00. The fraction of sp³-hybridized carbons (Fsp3) is 0.160. The fourth-order valence-electron chi connectivity index (χ4n) is 3.90. The molecule has 2 heterocycles. The molecule has 6 nitrogen and oxygen atoms in total. The number of aromatic nitrogens is 1. The molecule has 1 saturated heterocycles. The molecule has 7 heteroatoms. The van der Waals surface area contributed by atoms with Gasteiger partial charge in [-0.25, -0.2) is 0 Å². The Bertz CT molecular complexity index is 1250. The summed E-state index contributed by atoms with van der Waals surface area (Å²) in [5.74, 6) is -1.37. The smallest absolute Gasteiger partial charge is 0.300 e. The predicted molar refractivity (Wildman–Crippen MR) is 123 cm³/mol. The Morgan fingerprint density at radius 3 is 2.56 bits per heavy atom. The third-order valence-electron chi connectivity index (χ3n) is 5.71. The van der Waals surface area contributed by atoms with Crippen molar-refractivity contribution in [3.05, 3.63) is 93.8 Å². The van der Waals surface area contributed by atoms with Crippen molar-refractivity contribution in [3.63, 3.8) is 0 Å². The number of benzene rings is 2. The topological polar surface area (TPSA) is 79.7 Å². The molecule has 1 amide bonds. The highest BCUT2D eigenvalue weighted by atomic mass is 35.5. The van der Waals surface area contributed by atoms with Crippen molar-refractivity contribution in [1.82, 2.24) is 4.98 Å². The van der Waals surface area contributed by atoms with E-state index in [2.05, 4.69) is 4.98 Å². The number of ether oxygens (including phenoxy) is 1. The minimum absolute atomic E-state index is 0.0230. The highest BCUT2D eigenvalue weighted by Crippen LogP contribution is 2.43. The number of anilines is 1.